The van der Waals surface area contributed by atoms with E-state index >= 15 is 0 Å². The molecule has 0 saturated carbocycles. The highest BCUT2D eigenvalue weighted by atomic mass is 28.3. The smallest absolute Gasteiger partial charge is 0.211 e. The van der Waals surface area contributed by atoms with Gasteiger partial charge in [0.25, 0.3) is 0 Å². The molecule has 0 bridgehead atoms. The first-order valence-electron chi connectivity index (χ1n) is 10.8. The van der Waals surface area contributed by atoms with E-state index < -0.39 is 35.8 Å². The highest BCUT2D eigenvalue weighted by molar-refractivity contribution is 6.63. The molecule has 7 heteroatoms. The molecule has 0 spiro atoms. The maximum absolute atomic E-state index is 12.7. The zero-order valence-electron chi connectivity index (χ0n) is 16.4. The summed E-state index contributed by atoms with van der Waals surface area (Å²) in [7, 11) is -1.52. The Balaban J connectivity index is 1.41. The fraction of sp³-hybridized carbons (Fsp3) is 0.714. The van der Waals surface area contributed by atoms with Crippen molar-refractivity contribution in [1.29, 1.82) is 0 Å². The van der Waals surface area contributed by atoms with Crippen LogP contribution >= 0.6 is 0 Å². The number of hydrogen-bond acceptors (Lipinski definition) is 0. The van der Waals surface area contributed by atoms with Crippen molar-refractivity contribution in [3.63, 3.8) is 0 Å². The van der Waals surface area contributed by atoms with E-state index in [0.29, 0.717) is 5.92 Å². The van der Waals surface area contributed by atoms with E-state index in [1.165, 1.54) is 49.2 Å². The molecule has 3 rings (SSSR count). The van der Waals surface area contributed by atoms with E-state index in [2.05, 4.69) is 0 Å². The van der Waals surface area contributed by atoms with Crippen molar-refractivity contribution >= 4 is 17.6 Å². The fourth-order valence-corrected chi connectivity index (χ4v) is 13.8. The second kappa shape index (κ2) is 9.87. The summed E-state index contributed by atoms with van der Waals surface area (Å²) >= 11 is 0. The van der Waals surface area contributed by atoms with Gasteiger partial charge in [0.05, 0.1) is 5.56 Å². The third kappa shape index (κ3) is 6.15. The van der Waals surface area contributed by atoms with Gasteiger partial charge < -0.3 is 0 Å². The lowest BCUT2D eigenvalue weighted by Crippen LogP contribution is -2.30. The van der Waals surface area contributed by atoms with E-state index in [0.717, 1.165) is 36.4 Å². The number of hydrogen-bond donors (Lipinski definition) is 0. The third-order valence-corrected chi connectivity index (χ3v) is 14.7. The second-order valence-electron chi connectivity index (χ2n) is 8.83. The first-order chi connectivity index (χ1) is 13.3. The SMILES string of the molecule is FC(F)CCC[SiH]1CCC([SiH]2CCC(c3ccc(C(F)(F)F)cc3)CC2)CC1. The third-order valence-electron chi connectivity index (χ3n) is 7.07. The Morgan fingerprint density at radius 2 is 1.50 bits per heavy atom. The molecular weight excluding hydrogens is 403 g/mol. The Bertz CT molecular complexity index is 586. The lowest BCUT2D eigenvalue weighted by atomic mass is 9.93. The van der Waals surface area contributed by atoms with Crippen LogP contribution in [0.4, 0.5) is 22.0 Å². The summed E-state index contributed by atoms with van der Waals surface area (Å²) in [6.07, 6.45) is -0.657. The topological polar surface area (TPSA) is 0 Å². The van der Waals surface area contributed by atoms with E-state index in [4.69, 9.17) is 0 Å². The molecule has 28 heavy (non-hydrogen) atoms. The van der Waals surface area contributed by atoms with Crippen LogP contribution in [-0.4, -0.2) is 24.0 Å². The van der Waals surface area contributed by atoms with Gasteiger partial charge in [-0.05, 0) is 42.0 Å². The molecule has 0 nitrogen and oxygen atoms in total. The molecule has 2 aliphatic rings. The maximum atomic E-state index is 12.7. The minimum Gasteiger partial charge on any atom is -0.211 e. The quantitative estimate of drug-likeness (QED) is 0.327. The van der Waals surface area contributed by atoms with Crippen LogP contribution in [0.5, 0.6) is 0 Å². The van der Waals surface area contributed by atoms with Crippen LogP contribution < -0.4 is 0 Å². The summed E-state index contributed by atoms with van der Waals surface area (Å²) in [5.41, 5.74) is 1.43. The summed E-state index contributed by atoms with van der Waals surface area (Å²) < 4.78 is 62.8. The fourth-order valence-electron chi connectivity index (χ4n) is 5.38. The molecule has 0 N–H and O–H groups in total. The van der Waals surface area contributed by atoms with E-state index in [9.17, 15) is 22.0 Å². The summed E-state index contributed by atoms with van der Waals surface area (Å²) in [4.78, 5) is 0. The molecule has 1 aromatic rings. The monoisotopic (exact) mass is 434 g/mol. The first kappa shape index (κ1) is 22.0. The molecule has 2 aliphatic heterocycles. The molecule has 158 valence electrons. The Morgan fingerprint density at radius 1 is 0.893 bits per heavy atom. The Kier molecular flexibility index (Phi) is 7.76. The van der Waals surface area contributed by atoms with Crippen LogP contribution in [0.3, 0.4) is 0 Å². The summed E-state index contributed by atoms with van der Waals surface area (Å²) in [5.74, 6) is 0.422. The molecule has 0 aliphatic carbocycles. The van der Waals surface area contributed by atoms with Crippen molar-refractivity contribution < 1.29 is 22.0 Å². The van der Waals surface area contributed by atoms with Crippen LogP contribution in [-0.2, 0) is 6.18 Å². The highest BCUT2D eigenvalue weighted by Crippen LogP contribution is 2.43. The van der Waals surface area contributed by atoms with Crippen molar-refractivity contribution in [2.45, 2.75) is 92.8 Å². The molecule has 0 amide bonds. The number of rotatable bonds is 6. The Labute approximate surface area is 168 Å². The van der Waals surface area contributed by atoms with Crippen molar-refractivity contribution in [2.24, 2.45) is 0 Å². The number of alkyl halides is 5. The maximum Gasteiger partial charge on any atom is 0.416 e. The van der Waals surface area contributed by atoms with Crippen molar-refractivity contribution in [1.82, 2.24) is 0 Å². The van der Waals surface area contributed by atoms with Gasteiger partial charge in [-0.25, -0.2) is 8.78 Å². The lowest BCUT2D eigenvalue weighted by Gasteiger charge is -2.37. The van der Waals surface area contributed by atoms with E-state index in [1.54, 1.807) is 12.1 Å². The minimum absolute atomic E-state index is 0.0790. The van der Waals surface area contributed by atoms with Crippen LogP contribution in [0, 0.1) is 0 Å². The molecule has 0 aromatic heterocycles. The summed E-state index contributed by atoms with van der Waals surface area (Å²) in [5, 5.41) is 0. The zero-order valence-corrected chi connectivity index (χ0v) is 18.7. The van der Waals surface area contributed by atoms with Crippen LogP contribution in [0.15, 0.2) is 24.3 Å². The van der Waals surface area contributed by atoms with E-state index in [1.807, 2.05) is 0 Å². The highest BCUT2D eigenvalue weighted by Gasteiger charge is 2.33. The van der Waals surface area contributed by atoms with Crippen molar-refractivity contribution in [3.8, 4) is 0 Å². The number of halogens is 5. The molecule has 0 atom stereocenters. The summed E-state index contributed by atoms with van der Waals surface area (Å²) in [6.45, 7) is 0. The minimum atomic E-state index is -4.26. The van der Waals surface area contributed by atoms with Gasteiger partial charge in [0.15, 0.2) is 0 Å². The molecule has 0 unspecified atom stereocenters. The van der Waals surface area contributed by atoms with Crippen LogP contribution in [0.25, 0.3) is 0 Å². The first-order valence-corrected chi connectivity index (χ1v) is 15.5. The molecule has 1 aromatic carbocycles. The zero-order chi connectivity index (χ0) is 20.1. The van der Waals surface area contributed by atoms with Crippen molar-refractivity contribution in [3.05, 3.63) is 35.4 Å². The normalized spacial score (nSPS) is 29.2. The molecule has 2 fully saturated rings. The van der Waals surface area contributed by atoms with Crippen LogP contribution in [0.1, 0.15) is 55.6 Å². The second-order valence-corrected chi connectivity index (χ2v) is 15.9. The van der Waals surface area contributed by atoms with Crippen molar-refractivity contribution in [2.75, 3.05) is 0 Å². The van der Waals surface area contributed by atoms with Crippen LogP contribution in [0.2, 0.25) is 35.8 Å². The van der Waals surface area contributed by atoms with Gasteiger partial charge in [0, 0.05) is 24.0 Å². The molecule has 0 radical (unpaired) electrons. The number of benzene rings is 1. The average Bonchev–Trinajstić information content (AvgIpc) is 2.68. The lowest BCUT2D eigenvalue weighted by molar-refractivity contribution is -0.137. The summed E-state index contributed by atoms with van der Waals surface area (Å²) in [6, 6.07) is 12.2. The molecule has 2 heterocycles. The standard InChI is InChI=1S/C21H31F5Si2/c22-20(23)2-1-11-27-12-9-19(10-13-27)28-14-7-17(8-15-28)16-3-5-18(6-4-16)21(24,25)26/h3-6,17,19-20,27-28H,1-2,7-15H2. The van der Waals surface area contributed by atoms with Gasteiger partial charge in [0.1, 0.15) is 0 Å². The molecular formula is C21H31F5Si2. The van der Waals surface area contributed by atoms with E-state index in [-0.39, 0.29) is 6.42 Å². The predicted molar refractivity (Wildman–Crippen MR) is 110 cm³/mol. The van der Waals surface area contributed by atoms with Gasteiger partial charge in [0.2, 0.25) is 6.43 Å². The van der Waals surface area contributed by atoms with Gasteiger partial charge in [-0.3, -0.25) is 0 Å². The predicted octanol–water partition coefficient (Wildman–Crippen LogP) is 7.25. The molecule has 2 saturated heterocycles. The van der Waals surface area contributed by atoms with Gasteiger partial charge in [-0.1, -0.05) is 61.6 Å². The van der Waals surface area contributed by atoms with Gasteiger partial charge in [-0.2, -0.15) is 13.2 Å². The largest absolute Gasteiger partial charge is 0.416 e. The Morgan fingerprint density at radius 3 is 2.04 bits per heavy atom. The Hall–Kier alpha value is -0.696. The van der Waals surface area contributed by atoms with Gasteiger partial charge >= 0.3 is 6.18 Å². The average molecular weight is 435 g/mol. The van der Waals surface area contributed by atoms with Gasteiger partial charge in [-0.15, -0.1) is 0 Å².